The van der Waals surface area contributed by atoms with Crippen LogP contribution in [0.4, 0.5) is 0 Å². The molecule has 0 bridgehead atoms. The van der Waals surface area contributed by atoms with Gasteiger partial charge in [0.2, 0.25) is 0 Å². The Hall–Kier alpha value is 0. The van der Waals surface area contributed by atoms with Crippen LogP contribution in [0.1, 0.15) is 46.5 Å². The Balaban J connectivity index is 1.76. The molecule has 0 heteroatoms. The molecule has 2 saturated carbocycles. The third-order valence-corrected chi connectivity index (χ3v) is 4.17. The molecule has 2 fully saturated rings. The molecule has 0 aromatic heterocycles. The Morgan fingerprint density at radius 1 is 1.45 bits per heavy atom. The molecule has 0 aromatic rings. The van der Waals surface area contributed by atoms with Gasteiger partial charge in [-0.3, -0.25) is 0 Å². The van der Waals surface area contributed by atoms with Crippen molar-refractivity contribution in [3.8, 4) is 0 Å². The summed E-state index contributed by atoms with van der Waals surface area (Å²) in [5.41, 5.74) is 0.906. The van der Waals surface area contributed by atoms with Crippen molar-refractivity contribution in [2.24, 2.45) is 23.2 Å². The molecule has 4 unspecified atom stereocenters. The number of hydrogen-bond acceptors (Lipinski definition) is 0. The maximum Gasteiger partial charge on any atom is -0.0237 e. The third kappa shape index (κ3) is 1.11. The van der Waals surface area contributed by atoms with E-state index in [1.165, 1.54) is 12.8 Å². The Kier molecular flexibility index (Phi) is 1.56. The molecule has 0 radical (unpaired) electrons. The van der Waals surface area contributed by atoms with Crippen LogP contribution in [0.2, 0.25) is 0 Å². The zero-order valence-corrected chi connectivity index (χ0v) is 8.06. The topological polar surface area (TPSA) is 0 Å². The molecule has 0 heterocycles. The lowest BCUT2D eigenvalue weighted by Gasteiger charge is -2.06. The zero-order valence-electron chi connectivity index (χ0n) is 8.06. The Labute approximate surface area is 70.4 Å². The molecule has 0 nitrogen and oxygen atoms in total. The highest BCUT2D eigenvalue weighted by Crippen LogP contribution is 2.75. The molecule has 11 heavy (non-hydrogen) atoms. The highest BCUT2D eigenvalue weighted by atomic mass is 14.7. The molecule has 0 N–H and O–H groups in total. The van der Waals surface area contributed by atoms with Crippen LogP contribution in [0.25, 0.3) is 0 Å². The van der Waals surface area contributed by atoms with E-state index in [9.17, 15) is 0 Å². The Morgan fingerprint density at radius 2 is 2.09 bits per heavy atom. The van der Waals surface area contributed by atoms with Gasteiger partial charge in [0.1, 0.15) is 0 Å². The molecule has 0 aromatic carbocycles. The quantitative estimate of drug-likeness (QED) is 0.581. The second kappa shape index (κ2) is 2.24. The van der Waals surface area contributed by atoms with E-state index in [-0.39, 0.29) is 0 Å². The molecule has 64 valence electrons. The first-order chi connectivity index (χ1) is 5.19. The summed E-state index contributed by atoms with van der Waals surface area (Å²) in [5.74, 6) is 3.19. The van der Waals surface area contributed by atoms with E-state index < -0.39 is 0 Å². The predicted octanol–water partition coefficient (Wildman–Crippen LogP) is 3.47. The monoisotopic (exact) mass is 152 g/mol. The fourth-order valence-electron chi connectivity index (χ4n) is 2.73. The van der Waals surface area contributed by atoms with Gasteiger partial charge >= 0.3 is 0 Å². The summed E-state index contributed by atoms with van der Waals surface area (Å²) in [5, 5.41) is 0. The average Bonchev–Trinajstić information content (AvgIpc) is 2.79. The number of rotatable bonds is 3. The summed E-state index contributed by atoms with van der Waals surface area (Å²) < 4.78 is 0. The first-order valence-electron chi connectivity index (χ1n) is 5.19. The minimum absolute atomic E-state index is 0.906. The van der Waals surface area contributed by atoms with Crippen LogP contribution in [0.3, 0.4) is 0 Å². The molecule has 4 atom stereocenters. The van der Waals surface area contributed by atoms with Gasteiger partial charge in [0, 0.05) is 0 Å². The zero-order chi connectivity index (χ0) is 8.06. The van der Waals surface area contributed by atoms with Gasteiger partial charge in [0.15, 0.2) is 0 Å². The Morgan fingerprint density at radius 3 is 2.45 bits per heavy atom. The molecule has 0 amide bonds. The molecule has 1 spiro atoms. The van der Waals surface area contributed by atoms with Crippen molar-refractivity contribution in [3.05, 3.63) is 0 Å². The van der Waals surface area contributed by atoms with E-state index in [1.54, 1.807) is 12.8 Å². The third-order valence-electron chi connectivity index (χ3n) is 4.17. The van der Waals surface area contributed by atoms with Crippen LogP contribution in [0, 0.1) is 23.2 Å². The largest absolute Gasteiger partial charge is 0.0651 e. The predicted molar refractivity (Wildman–Crippen MR) is 48.4 cm³/mol. The van der Waals surface area contributed by atoms with Crippen LogP contribution in [0.5, 0.6) is 0 Å². The van der Waals surface area contributed by atoms with Crippen LogP contribution in [0.15, 0.2) is 0 Å². The van der Waals surface area contributed by atoms with Crippen molar-refractivity contribution in [2.45, 2.75) is 46.5 Å². The van der Waals surface area contributed by atoms with Gasteiger partial charge in [-0.25, -0.2) is 0 Å². The van der Waals surface area contributed by atoms with Gasteiger partial charge in [-0.15, -0.1) is 0 Å². The van der Waals surface area contributed by atoms with Crippen molar-refractivity contribution in [2.75, 3.05) is 0 Å². The van der Waals surface area contributed by atoms with Gasteiger partial charge in [-0.05, 0) is 42.4 Å². The van der Waals surface area contributed by atoms with E-state index in [1.807, 2.05) is 0 Å². The van der Waals surface area contributed by atoms with Crippen molar-refractivity contribution >= 4 is 0 Å². The minimum atomic E-state index is 0.906. The van der Waals surface area contributed by atoms with E-state index in [4.69, 9.17) is 0 Å². The highest BCUT2D eigenvalue weighted by molar-refractivity contribution is 5.16. The summed E-state index contributed by atoms with van der Waals surface area (Å²) in [6.07, 6.45) is 6.01. The fraction of sp³-hybridized carbons (Fsp3) is 1.00. The molecular weight excluding hydrogens is 132 g/mol. The second-order valence-electron chi connectivity index (χ2n) is 4.99. The lowest BCUT2D eigenvalue weighted by atomic mass is 10.00. The van der Waals surface area contributed by atoms with E-state index in [0.717, 1.165) is 23.2 Å². The van der Waals surface area contributed by atoms with Gasteiger partial charge in [-0.2, -0.15) is 0 Å². The smallest absolute Gasteiger partial charge is 0.0237 e. The Bertz CT molecular complexity index is 161. The summed E-state index contributed by atoms with van der Waals surface area (Å²) in [7, 11) is 0. The van der Waals surface area contributed by atoms with E-state index in [0.29, 0.717) is 0 Å². The molecule has 2 rings (SSSR count). The van der Waals surface area contributed by atoms with E-state index in [2.05, 4.69) is 20.8 Å². The van der Waals surface area contributed by atoms with Crippen LogP contribution >= 0.6 is 0 Å². The van der Waals surface area contributed by atoms with Crippen LogP contribution in [-0.4, -0.2) is 0 Å². The summed E-state index contributed by atoms with van der Waals surface area (Å²) in [6.45, 7) is 7.14. The molecular formula is C11H20. The average molecular weight is 152 g/mol. The van der Waals surface area contributed by atoms with Crippen molar-refractivity contribution in [1.82, 2.24) is 0 Å². The molecule has 0 aliphatic heterocycles. The van der Waals surface area contributed by atoms with Gasteiger partial charge in [-0.1, -0.05) is 27.2 Å². The highest BCUT2D eigenvalue weighted by Gasteiger charge is 2.67. The normalized spacial score (nSPS) is 49.4. The molecule has 2 aliphatic carbocycles. The molecule has 0 saturated heterocycles. The fourth-order valence-corrected chi connectivity index (χ4v) is 2.73. The van der Waals surface area contributed by atoms with Gasteiger partial charge in [0.05, 0.1) is 0 Å². The lowest BCUT2D eigenvalue weighted by Crippen LogP contribution is -1.95. The van der Waals surface area contributed by atoms with Crippen molar-refractivity contribution in [3.63, 3.8) is 0 Å². The minimum Gasteiger partial charge on any atom is -0.0651 e. The van der Waals surface area contributed by atoms with E-state index >= 15 is 0 Å². The van der Waals surface area contributed by atoms with Gasteiger partial charge < -0.3 is 0 Å². The van der Waals surface area contributed by atoms with Crippen LogP contribution < -0.4 is 0 Å². The van der Waals surface area contributed by atoms with Gasteiger partial charge in [0.25, 0.3) is 0 Å². The second-order valence-corrected chi connectivity index (χ2v) is 4.99. The molecule has 2 aliphatic rings. The summed E-state index contributed by atoms with van der Waals surface area (Å²) in [6, 6.07) is 0. The SMILES string of the molecule is CCC(C)CC1CC12CC2C. The summed E-state index contributed by atoms with van der Waals surface area (Å²) in [4.78, 5) is 0. The van der Waals surface area contributed by atoms with Crippen LogP contribution in [-0.2, 0) is 0 Å². The standard InChI is InChI=1S/C11H20/c1-4-8(2)5-10-7-11(10)6-9(11)3/h8-10H,4-7H2,1-3H3. The number of hydrogen-bond donors (Lipinski definition) is 0. The first kappa shape index (κ1) is 7.64. The maximum atomic E-state index is 2.43. The lowest BCUT2D eigenvalue weighted by molar-refractivity contribution is 0.454. The maximum absolute atomic E-state index is 2.43. The summed E-state index contributed by atoms with van der Waals surface area (Å²) >= 11 is 0. The first-order valence-corrected chi connectivity index (χ1v) is 5.19. The van der Waals surface area contributed by atoms with Crippen molar-refractivity contribution in [1.29, 1.82) is 0 Å². The van der Waals surface area contributed by atoms with Crippen molar-refractivity contribution < 1.29 is 0 Å².